The molecule has 0 spiro atoms. The summed E-state index contributed by atoms with van der Waals surface area (Å²) < 4.78 is 0. The smallest absolute Gasteiger partial charge is 0.110 e. The standard InChI is InChI=1S/C13H22N2OS/c1-10-8-17-12(15-10)11(2)14-9-13(16)6-4-3-5-7-13/h8,11,14,16H,3-7,9H2,1-2H3. The second-order valence-electron chi connectivity index (χ2n) is 5.21. The molecule has 2 N–H and O–H groups in total. The van der Waals surface area contributed by atoms with Gasteiger partial charge in [0.25, 0.3) is 0 Å². The highest BCUT2D eigenvalue weighted by molar-refractivity contribution is 7.09. The lowest BCUT2D eigenvalue weighted by molar-refractivity contribution is 0.00300. The molecule has 1 aromatic rings. The number of hydrogen-bond acceptors (Lipinski definition) is 4. The summed E-state index contributed by atoms with van der Waals surface area (Å²) in [5.41, 5.74) is 0.591. The molecule has 1 fully saturated rings. The molecule has 0 aromatic carbocycles. The lowest BCUT2D eigenvalue weighted by atomic mass is 9.85. The maximum Gasteiger partial charge on any atom is 0.110 e. The Labute approximate surface area is 107 Å². The Hall–Kier alpha value is -0.450. The van der Waals surface area contributed by atoms with Gasteiger partial charge in [-0.05, 0) is 26.7 Å². The molecule has 1 atom stereocenters. The summed E-state index contributed by atoms with van der Waals surface area (Å²) in [5, 5.41) is 17.0. The van der Waals surface area contributed by atoms with Gasteiger partial charge in [-0.25, -0.2) is 4.98 Å². The summed E-state index contributed by atoms with van der Waals surface area (Å²) in [6, 6.07) is 0.236. The average Bonchev–Trinajstić information content (AvgIpc) is 2.74. The summed E-state index contributed by atoms with van der Waals surface area (Å²) in [6.45, 7) is 4.82. The highest BCUT2D eigenvalue weighted by Gasteiger charge is 2.29. The van der Waals surface area contributed by atoms with E-state index >= 15 is 0 Å². The van der Waals surface area contributed by atoms with E-state index in [1.807, 2.05) is 6.92 Å². The zero-order valence-corrected chi connectivity index (χ0v) is 11.5. The summed E-state index contributed by atoms with van der Waals surface area (Å²) in [7, 11) is 0. The van der Waals surface area contributed by atoms with Crippen molar-refractivity contribution in [1.29, 1.82) is 0 Å². The van der Waals surface area contributed by atoms with Crippen molar-refractivity contribution >= 4 is 11.3 Å². The predicted molar refractivity (Wildman–Crippen MR) is 71.3 cm³/mol. The fourth-order valence-electron chi connectivity index (χ4n) is 2.39. The summed E-state index contributed by atoms with van der Waals surface area (Å²) in [6.07, 6.45) is 5.45. The molecule has 1 heterocycles. The number of aromatic nitrogens is 1. The zero-order valence-electron chi connectivity index (χ0n) is 10.7. The maximum absolute atomic E-state index is 10.4. The normalized spacial score (nSPS) is 21.4. The Kier molecular flexibility index (Phi) is 4.17. The number of nitrogens with zero attached hydrogens (tertiary/aromatic N) is 1. The lowest BCUT2D eigenvalue weighted by Gasteiger charge is -2.33. The van der Waals surface area contributed by atoms with Crippen molar-refractivity contribution in [2.24, 2.45) is 0 Å². The molecule has 0 radical (unpaired) electrons. The van der Waals surface area contributed by atoms with Crippen LogP contribution in [0.15, 0.2) is 5.38 Å². The predicted octanol–water partition coefficient (Wildman–Crippen LogP) is 2.80. The van der Waals surface area contributed by atoms with Crippen molar-refractivity contribution in [2.45, 2.75) is 57.6 Å². The highest BCUT2D eigenvalue weighted by atomic mass is 32.1. The van der Waals surface area contributed by atoms with Crippen molar-refractivity contribution < 1.29 is 5.11 Å². The van der Waals surface area contributed by atoms with Gasteiger partial charge in [0.15, 0.2) is 0 Å². The van der Waals surface area contributed by atoms with Gasteiger partial charge in [0.2, 0.25) is 0 Å². The van der Waals surface area contributed by atoms with Crippen molar-refractivity contribution in [3.05, 3.63) is 16.1 Å². The quantitative estimate of drug-likeness (QED) is 0.868. The van der Waals surface area contributed by atoms with E-state index in [9.17, 15) is 5.11 Å². The number of aryl methyl sites for hydroxylation is 1. The minimum atomic E-state index is -0.487. The number of rotatable bonds is 4. The Morgan fingerprint density at radius 2 is 2.18 bits per heavy atom. The molecule has 1 unspecified atom stereocenters. The van der Waals surface area contributed by atoms with Crippen LogP contribution < -0.4 is 5.32 Å². The molecule has 3 nitrogen and oxygen atoms in total. The SMILES string of the molecule is Cc1csc(C(C)NCC2(O)CCCCC2)n1. The molecule has 4 heteroatoms. The van der Waals surface area contributed by atoms with Gasteiger partial charge in [-0.3, -0.25) is 0 Å². The molecule has 1 aliphatic rings. The number of thiazole rings is 1. The van der Waals surface area contributed by atoms with Crippen LogP contribution in [0.5, 0.6) is 0 Å². The first-order chi connectivity index (χ1) is 8.09. The first-order valence-corrected chi connectivity index (χ1v) is 7.35. The van der Waals surface area contributed by atoms with Crippen LogP contribution in [0.4, 0.5) is 0 Å². The Balaban J connectivity index is 1.85. The van der Waals surface area contributed by atoms with Gasteiger partial charge in [-0.2, -0.15) is 0 Å². The molecule has 17 heavy (non-hydrogen) atoms. The average molecular weight is 254 g/mol. The molecule has 1 aromatic heterocycles. The molecule has 1 aliphatic carbocycles. The van der Waals surface area contributed by atoms with Crippen molar-refractivity contribution in [3.8, 4) is 0 Å². The second kappa shape index (κ2) is 5.46. The first-order valence-electron chi connectivity index (χ1n) is 6.47. The molecule has 1 saturated carbocycles. The van der Waals surface area contributed by atoms with E-state index < -0.39 is 5.60 Å². The van der Waals surface area contributed by atoms with Crippen molar-refractivity contribution in [2.75, 3.05) is 6.54 Å². The van der Waals surface area contributed by atoms with E-state index in [1.54, 1.807) is 11.3 Å². The molecule has 2 rings (SSSR count). The van der Waals surface area contributed by atoms with Gasteiger partial charge >= 0.3 is 0 Å². The van der Waals surface area contributed by atoms with Gasteiger partial charge in [0.05, 0.1) is 11.6 Å². The Morgan fingerprint density at radius 3 is 2.76 bits per heavy atom. The van der Waals surface area contributed by atoms with Crippen LogP contribution in [0.3, 0.4) is 0 Å². The van der Waals surface area contributed by atoms with E-state index in [4.69, 9.17) is 0 Å². The van der Waals surface area contributed by atoms with Gasteiger partial charge < -0.3 is 10.4 Å². The van der Waals surface area contributed by atoms with Crippen LogP contribution in [0.25, 0.3) is 0 Å². The van der Waals surface area contributed by atoms with Crippen molar-refractivity contribution in [3.63, 3.8) is 0 Å². The van der Waals surface area contributed by atoms with Crippen LogP contribution in [0.2, 0.25) is 0 Å². The molecule has 0 bridgehead atoms. The van der Waals surface area contributed by atoms with E-state index in [0.29, 0.717) is 6.54 Å². The number of hydrogen-bond donors (Lipinski definition) is 2. The largest absolute Gasteiger partial charge is 0.389 e. The fraction of sp³-hybridized carbons (Fsp3) is 0.769. The third-order valence-electron chi connectivity index (χ3n) is 3.53. The summed E-state index contributed by atoms with van der Waals surface area (Å²) in [5.74, 6) is 0. The molecular weight excluding hydrogens is 232 g/mol. The zero-order chi connectivity index (χ0) is 12.3. The highest BCUT2D eigenvalue weighted by Crippen LogP contribution is 2.28. The summed E-state index contributed by atoms with van der Waals surface area (Å²) in [4.78, 5) is 4.47. The van der Waals surface area contributed by atoms with Gasteiger partial charge in [-0.1, -0.05) is 19.3 Å². The van der Waals surface area contributed by atoms with E-state index in [-0.39, 0.29) is 6.04 Å². The van der Waals surface area contributed by atoms with Gasteiger partial charge in [0, 0.05) is 17.6 Å². The molecule has 0 amide bonds. The van der Waals surface area contributed by atoms with Gasteiger partial charge in [-0.15, -0.1) is 11.3 Å². The van der Waals surface area contributed by atoms with Crippen LogP contribution in [0.1, 0.15) is 55.8 Å². The second-order valence-corrected chi connectivity index (χ2v) is 6.10. The molecule has 96 valence electrons. The van der Waals surface area contributed by atoms with Crippen LogP contribution >= 0.6 is 11.3 Å². The maximum atomic E-state index is 10.4. The lowest BCUT2D eigenvalue weighted by Crippen LogP contribution is -2.42. The number of aliphatic hydroxyl groups is 1. The number of nitrogens with one attached hydrogen (secondary N) is 1. The van der Waals surface area contributed by atoms with Gasteiger partial charge in [0.1, 0.15) is 5.01 Å². The third kappa shape index (κ3) is 3.50. The fourth-order valence-corrected chi connectivity index (χ4v) is 3.22. The third-order valence-corrected chi connectivity index (χ3v) is 4.67. The van der Waals surface area contributed by atoms with Crippen molar-refractivity contribution in [1.82, 2.24) is 10.3 Å². The minimum absolute atomic E-state index is 0.236. The summed E-state index contributed by atoms with van der Waals surface area (Å²) >= 11 is 1.69. The Morgan fingerprint density at radius 1 is 1.47 bits per heavy atom. The molecule has 0 aliphatic heterocycles. The molecule has 0 saturated heterocycles. The van der Waals surface area contributed by atoms with E-state index in [1.165, 1.54) is 6.42 Å². The van der Waals surface area contributed by atoms with E-state index in [2.05, 4.69) is 22.6 Å². The van der Waals surface area contributed by atoms with E-state index in [0.717, 1.165) is 36.4 Å². The van der Waals surface area contributed by atoms with Crippen LogP contribution in [-0.4, -0.2) is 22.2 Å². The van der Waals surface area contributed by atoms with Crippen LogP contribution in [-0.2, 0) is 0 Å². The monoisotopic (exact) mass is 254 g/mol. The first kappa shape index (κ1) is 13.0. The Bertz CT molecular complexity index is 358. The van der Waals surface area contributed by atoms with Crippen LogP contribution in [0, 0.1) is 6.92 Å². The minimum Gasteiger partial charge on any atom is -0.389 e. The molecular formula is C13H22N2OS. The topological polar surface area (TPSA) is 45.1 Å².